The Bertz CT molecular complexity index is 1070. The van der Waals surface area contributed by atoms with Crippen LogP contribution in [0.2, 0.25) is 0 Å². The first kappa shape index (κ1) is 18.7. The summed E-state index contributed by atoms with van der Waals surface area (Å²) in [6.45, 7) is 4.80. The zero-order valence-electron chi connectivity index (χ0n) is 16.5. The van der Waals surface area contributed by atoms with Crippen LogP contribution < -0.4 is 10.2 Å². The van der Waals surface area contributed by atoms with E-state index in [-0.39, 0.29) is 24.1 Å². The van der Waals surface area contributed by atoms with E-state index in [4.69, 9.17) is 4.74 Å². The van der Waals surface area contributed by atoms with E-state index < -0.39 is 0 Å². The lowest BCUT2D eigenvalue weighted by molar-refractivity contribution is -0.116. The van der Waals surface area contributed by atoms with Crippen LogP contribution in [0.3, 0.4) is 0 Å². The summed E-state index contributed by atoms with van der Waals surface area (Å²) in [5.74, 6) is 1.29. The lowest BCUT2D eigenvalue weighted by Crippen LogP contribution is -2.36. The molecule has 0 saturated carbocycles. The quantitative estimate of drug-likeness (QED) is 0.717. The Hall–Kier alpha value is -3.33. The van der Waals surface area contributed by atoms with Crippen molar-refractivity contribution in [2.24, 2.45) is 0 Å². The molecule has 4 heterocycles. The van der Waals surface area contributed by atoms with Gasteiger partial charge in [0.25, 0.3) is 0 Å². The fourth-order valence-electron chi connectivity index (χ4n) is 4.08. The molecule has 30 heavy (non-hydrogen) atoms. The largest absolute Gasteiger partial charge is 0.378 e. The summed E-state index contributed by atoms with van der Waals surface area (Å²) >= 11 is 0. The minimum Gasteiger partial charge on any atom is -0.378 e. The van der Waals surface area contributed by atoms with Crippen LogP contribution in [0.5, 0.6) is 0 Å². The number of aryl methyl sites for hydroxylation is 1. The second-order valence-corrected chi connectivity index (χ2v) is 7.47. The number of rotatable bonds is 3. The number of aromatic nitrogens is 4. The molecule has 1 atom stereocenters. The number of fused-ring (bicyclic) bond motifs is 1. The van der Waals surface area contributed by atoms with E-state index in [0.717, 1.165) is 35.7 Å². The minimum atomic E-state index is -0.303. The van der Waals surface area contributed by atoms with Gasteiger partial charge in [-0.15, -0.1) is 10.2 Å². The number of anilines is 2. The molecule has 1 fully saturated rings. The number of hydrogen-bond acceptors (Lipinski definition) is 6. The molecular weight excluding hydrogens is 387 g/mol. The van der Waals surface area contributed by atoms with Gasteiger partial charge in [-0.2, -0.15) is 9.78 Å². The summed E-state index contributed by atoms with van der Waals surface area (Å²) in [6.07, 6.45) is 0.285. The second kappa shape index (κ2) is 7.49. The van der Waals surface area contributed by atoms with Gasteiger partial charge in [-0.3, -0.25) is 4.79 Å². The first-order chi connectivity index (χ1) is 14.6. The van der Waals surface area contributed by atoms with Crippen molar-refractivity contribution in [3.63, 3.8) is 0 Å². The van der Waals surface area contributed by atoms with Gasteiger partial charge in [-0.25, -0.2) is 4.39 Å². The molecule has 1 aromatic carbocycles. The van der Waals surface area contributed by atoms with Crippen molar-refractivity contribution in [2.75, 3.05) is 36.5 Å². The number of carbonyl (C=O) groups is 1. The van der Waals surface area contributed by atoms with Gasteiger partial charge in [0, 0.05) is 31.0 Å². The molecule has 1 saturated heterocycles. The van der Waals surface area contributed by atoms with Gasteiger partial charge < -0.3 is 15.0 Å². The standard InChI is InChI=1S/C21H21FN6O2/c1-13-20-16(14-2-4-15(22)5-3-14)12-19(29)23-21(20)28(26-13)18-7-6-17(24-25-18)27-8-10-30-11-9-27/h2-7,16H,8-12H2,1H3,(H,23,29)/t16-/m0/s1. The molecule has 1 N–H and O–H groups in total. The Morgan fingerprint density at radius 3 is 2.47 bits per heavy atom. The molecule has 5 rings (SSSR count). The maximum Gasteiger partial charge on any atom is 0.226 e. The molecule has 0 radical (unpaired) electrons. The molecule has 3 aromatic rings. The topological polar surface area (TPSA) is 85.2 Å². The maximum absolute atomic E-state index is 13.4. The summed E-state index contributed by atoms with van der Waals surface area (Å²) in [4.78, 5) is 14.6. The lowest BCUT2D eigenvalue weighted by Gasteiger charge is -2.27. The molecule has 2 aliphatic heterocycles. The zero-order chi connectivity index (χ0) is 20.7. The smallest absolute Gasteiger partial charge is 0.226 e. The minimum absolute atomic E-state index is 0.115. The van der Waals surface area contributed by atoms with Gasteiger partial charge >= 0.3 is 0 Å². The third kappa shape index (κ3) is 3.30. The van der Waals surface area contributed by atoms with Gasteiger partial charge in [0.1, 0.15) is 11.6 Å². The Labute approximate surface area is 172 Å². The number of carbonyl (C=O) groups excluding carboxylic acids is 1. The van der Waals surface area contributed by atoms with Crippen LogP contribution in [0.25, 0.3) is 5.82 Å². The van der Waals surface area contributed by atoms with Crippen molar-refractivity contribution in [2.45, 2.75) is 19.3 Å². The van der Waals surface area contributed by atoms with E-state index in [9.17, 15) is 9.18 Å². The monoisotopic (exact) mass is 408 g/mol. The molecule has 9 heteroatoms. The van der Waals surface area contributed by atoms with Crippen LogP contribution in [0.4, 0.5) is 16.0 Å². The fourth-order valence-corrected chi connectivity index (χ4v) is 4.08. The second-order valence-electron chi connectivity index (χ2n) is 7.47. The highest BCUT2D eigenvalue weighted by molar-refractivity contribution is 5.95. The van der Waals surface area contributed by atoms with E-state index in [1.54, 1.807) is 16.8 Å². The van der Waals surface area contributed by atoms with Crippen LogP contribution >= 0.6 is 0 Å². The van der Waals surface area contributed by atoms with E-state index in [2.05, 4.69) is 25.5 Å². The van der Waals surface area contributed by atoms with E-state index in [1.165, 1.54) is 12.1 Å². The number of morpholine rings is 1. The highest BCUT2D eigenvalue weighted by atomic mass is 19.1. The summed E-state index contributed by atoms with van der Waals surface area (Å²) < 4.78 is 20.4. The van der Waals surface area contributed by atoms with E-state index >= 15 is 0 Å². The van der Waals surface area contributed by atoms with Crippen LogP contribution in [-0.2, 0) is 9.53 Å². The first-order valence-electron chi connectivity index (χ1n) is 9.92. The molecule has 0 aliphatic carbocycles. The van der Waals surface area contributed by atoms with Crippen molar-refractivity contribution in [3.05, 3.63) is 59.0 Å². The van der Waals surface area contributed by atoms with Gasteiger partial charge in [-0.1, -0.05) is 12.1 Å². The Kier molecular flexibility index (Phi) is 4.66. The molecule has 0 unspecified atom stereocenters. The fraction of sp³-hybridized carbons (Fsp3) is 0.333. The Balaban J connectivity index is 1.51. The highest BCUT2D eigenvalue weighted by Gasteiger charge is 2.33. The highest BCUT2D eigenvalue weighted by Crippen LogP contribution is 2.40. The van der Waals surface area contributed by atoms with E-state index in [0.29, 0.717) is 24.8 Å². The number of halogens is 1. The molecule has 8 nitrogen and oxygen atoms in total. The van der Waals surface area contributed by atoms with Crippen molar-refractivity contribution in [3.8, 4) is 5.82 Å². The van der Waals surface area contributed by atoms with Gasteiger partial charge in [0.05, 0.1) is 18.9 Å². The number of nitrogens with one attached hydrogen (secondary N) is 1. The molecule has 1 amide bonds. The Morgan fingerprint density at radius 2 is 1.77 bits per heavy atom. The number of benzene rings is 1. The molecule has 2 aliphatic rings. The molecule has 2 aromatic heterocycles. The molecular formula is C21H21FN6O2. The molecule has 0 bridgehead atoms. The predicted octanol–water partition coefficient (Wildman–Crippen LogP) is 2.42. The van der Waals surface area contributed by atoms with Crippen LogP contribution in [0.15, 0.2) is 36.4 Å². The van der Waals surface area contributed by atoms with Crippen LogP contribution in [0, 0.1) is 12.7 Å². The molecule has 154 valence electrons. The number of amides is 1. The first-order valence-corrected chi connectivity index (χ1v) is 9.92. The van der Waals surface area contributed by atoms with Crippen molar-refractivity contribution < 1.29 is 13.9 Å². The predicted molar refractivity (Wildman–Crippen MR) is 108 cm³/mol. The van der Waals surface area contributed by atoms with E-state index in [1.807, 2.05) is 19.1 Å². The third-order valence-electron chi connectivity index (χ3n) is 5.56. The Morgan fingerprint density at radius 1 is 1.07 bits per heavy atom. The summed E-state index contributed by atoms with van der Waals surface area (Å²) in [7, 11) is 0. The average Bonchev–Trinajstić information content (AvgIpc) is 3.10. The average molecular weight is 408 g/mol. The van der Waals surface area contributed by atoms with Crippen molar-refractivity contribution >= 4 is 17.5 Å². The van der Waals surface area contributed by atoms with Gasteiger partial charge in [0.15, 0.2) is 11.6 Å². The van der Waals surface area contributed by atoms with Crippen LogP contribution in [0.1, 0.15) is 29.2 Å². The van der Waals surface area contributed by atoms with Crippen molar-refractivity contribution in [1.29, 1.82) is 0 Å². The summed E-state index contributed by atoms with van der Waals surface area (Å²) in [5.41, 5.74) is 2.59. The van der Waals surface area contributed by atoms with Gasteiger partial charge in [-0.05, 0) is 36.8 Å². The van der Waals surface area contributed by atoms with Crippen molar-refractivity contribution in [1.82, 2.24) is 20.0 Å². The number of hydrogen-bond donors (Lipinski definition) is 1. The van der Waals surface area contributed by atoms with Crippen LogP contribution in [-0.4, -0.2) is 52.2 Å². The number of nitrogens with zero attached hydrogens (tertiary/aromatic N) is 5. The summed E-state index contributed by atoms with van der Waals surface area (Å²) in [6, 6.07) is 10.0. The molecule has 0 spiro atoms. The van der Waals surface area contributed by atoms with Gasteiger partial charge in [0.2, 0.25) is 5.91 Å². The lowest BCUT2D eigenvalue weighted by atomic mass is 9.86. The zero-order valence-corrected chi connectivity index (χ0v) is 16.5. The normalized spacial score (nSPS) is 18.8. The third-order valence-corrected chi connectivity index (χ3v) is 5.56. The maximum atomic E-state index is 13.4. The summed E-state index contributed by atoms with van der Waals surface area (Å²) in [5, 5.41) is 16.2. The number of ether oxygens (including phenoxy) is 1. The SMILES string of the molecule is Cc1nn(-c2ccc(N3CCOCC3)nn2)c2c1[C@H](c1ccc(F)cc1)CC(=O)N2.